The van der Waals surface area contributed by atoms with E-state index in [0.717, 1.165) is 29.9 Å². The zero-order valence-corrected chi connectivity index (χ0v) is 11.4. The van der Waals surface area contributed by atoms with Crippen molar-refractivity contribution in [2.75, 3.05) is 13.1 Å². The van der Waals surface area contributed by atoms with E-state index in [1.807, 2.05) is 18.2 Å². The molecule has 19 heavy (non-hydrogen) atoms. The number of likely N-dealkylation sites (tertiary alicyclic amines) is 1. The fraction of sp³-hybridized carbons (Fsp3) is 0.357. The zero-order valence-electron chi connectivity index (χ0n) is 10.6. The van der Waals surface area contributed by atoms with Crippen molar-refractivity contribution in [1.82, 2.24) is 14.9 Å². The van der Waals surface area contributed by atoms with Crippen LogP contribution in [0.3, 0.4) is 0 Å². The third-order valence-electron chi connectivity index (χ3n) is 3.26. The molecule has 1 aromatic heterocycles. The van der Waals surface area contributed by atoms with Gasteiger partial charge in [-0.1, -0.05) is 0 Å². The third kappa shape index (κ3) is 2.81. The molecule has 0 N–H and O–H groups in total. The Morgan fingerprint density at radius 1 is 1.05 bits per heavy atom. The van der Waals surface area contributed by atoms with Crippen LogP contribution in [0.25, 0.3) is 11.0 Å². The number of nitrogens with zero attached hydrogens (tertiary/aromatic N) is 3. The molecule has 0 bridgehead atoms. The average molecular weight is 273 g/mol. The molecule has 0 spiro atoms. The molecule has 1 aromatic carbocycles. The van der Waals surface area contributed by atoms with Crippen molar-refractivity contribution in [2.24, 2.45) is 0 Å². The lowest BCUT2D eigenvalue weighted by molar-refractivity contribution is 0.300. The Bertz CT molecular complexity index is 596. The lowest BCUT2D eigenvalue weighted by atomic mass is 10.1. The monoisotopic (exact) mass is 273 g/mol. The normalized spacial score (nSPS) is 15.5. The number of thiocarbonyl (C=S) groups is 1. The van der Waals surface area contributed by atoms with Crippen molar-refractivity contribution in [3.63, 3.8) is 0 Å². The summed E-state index contributed by atoms with van der Waals surface area (Å²) >= 11 is 5.35. The summed E-state index contributed by atoms with van der Waals surface area (Å²) < 4.78 is 5.75. The second-order valence-corrected chi connectivity index (χ2v) is 4.97. The molecule has 0 aliphatic carbocycles. The zero-order chi connectivity index (χ0) is 13.1. The van der Waals surface area contributed by atoms with E-state index in [4.69, 9.17) is 17.0 Å². The van der Waals surface area contributed by atoms with E-state index in [1.165, 1.54) is 19.3 Å². The van der Waals surface area contributed by atoms with Gasteiger partial charge >= 0.3 is 0 Å². The van der Waals surface area contributed by atoms with E-state index in [1.54, 1.807) is 12.4 Å². The van der Waals surface area contributed by atoms with Crippen molar-refractivity contribution < 1.29 is 4.74 Å². The number of rotatable bonds is 1. The number of benzene rings is 1. The van der Waals surface area contributed by atoms with Gasteiger partial charge in [-0.2, -0.15) is 0 Å². The van der Waals surface area contributed by atoms with Gasteiger partial charge in [-0.25, -0.2) is 0 Å². The van der Waals surface area contributed by atoms with Gasteiger partial charge in [0.1, 0.15) is 5.75 Å². The fourth-order valence-electron chi connectivity index (χ4n) is 2.25. The molecular weight excluding hydrogens is 258 g/mol. The van der Waals surface area contributed by atoms with Crippen molar-refractivity contribution in [2.45, 2.75) is 19.3 Å². The molecule has 0 radical (unpaired) electrons. The second-order valence-electron chi connectivity index (χ2n) is 4.62. The van der Waals surface area contributed by atoms with Crippen LogP contribution in [0, 0.1) is 0 Å². The van der Waals surface area contributed by atoms with E-state index in [0.29, 0.717) is 5.17 Å². The predicted molar refractivity (Wildman–Crippen MR) is 78.2 cm³/mol. The number of hydrogen-bond donors (Lipinski definition) is 0. The Kier molecular flexibility index (Phi) is 3.55. The van der Waals surface area contributed by atoms with Crippen LogP contribution >= 0.6 is 12.2 Å². The SMILES string of the molecule is S=C(Oc1ccc2nccnc2c1)N1CCCCC1. The number of fused-ring (bicyclic) bond motifs is 1. The smallest absolute Gasteiger partial charge is 0.264 e. The van der Waals surface area contributed by atoms with E-state index < -0.39 is 0 Å². The van der Waals surface area contributed by atoms with Crippen LogP contribution in [0.1, 0.15) is 19.3 Å². The van der Waals surface area contributed by atoms with Gasteiger partial charge in [-0.3, -0.25) is 9.97 Å². The van der Waals surface area contributed by atoms with Crippen LogP contribution in [0.5, 0.6) is 5.75 Å². The van der Waals surface area contributed by atoms with Gasteiger partial charge in [0.2, 0.25) is 0 Å². The molecule has 5 heteroatoms. The Hall–Kier alpha value is -1.75. The number of ether oxygens (including phenoxy) is 1. The summed E-state index contributed by atoms with van der Waals surface area (Å²) in [5.74, 6) is 0.726. The van der Waals surface area contributed by atoms with Gasteiger partial charge in [0.15, 0.2) is 0 Å². The molecule has 98 valence electrons. The van der Waals surface area contributed by atoms with E-state index in [-0.39, 0.29) is 0 Å². The maximum atomic E-state index is 5.75. The standard InChI is InChI=1S/C14H15N3OS/c19-14(17-8-2-1-3-9-17)18-11-4-5-12-13(10-11)16-7-6-15-12/h4-7,10H,1-3,8-9H2. The fourth-order valence-corrected chi connectivity index (χ4v) is 2.53. The Balaban J connectivity index is 1.75. The number of hydrogen-bond acceptors (Lipinski definition) is 4. The van der Waals surface area contributed by atoms with Crippen molar-refractivity contribution in [3.05, 3.63) is 30.6 Å². The van der Waals surface area contributed by atoms with Gasteiger partial charge < -0.3 is 9.64 Å². The summed E-state index contributed by atoms with van der Waals surface area (Å²) in [6, 6.07) is 5.66. The summed E-state index contributed by atoms with van der Waals surface area (Å²) in [4.78, 5) is 10.6. The summed E-state index contributed by atoms with van der Waals surface area (Å²) in [6.45, 7) is 1.98. The summed E-state index contributed by atoms with van der Waals surface area (Å²) in [5.41, 5.74) is 1.68. The van der Waals surface area contributed by atoms with Crippen LogP contribution in [-0.2, 0) is 0 Å². The molecule has 4 nitrogen and oxygen atoms in total. The molecule has 2 aromatic rings. The number of aromatic nitrogens is 2. The van der Waals surface area contributed by atoms with Crippen molar-refractivity contribution >= 4 is 28.4 Å². The summed E-state index contributed by atoms with van der Waals surface area (Å²) in [5, 5.41) is 0.558. The van der Waals surface area contributed by atoms with Crippen LogP contribution in [0.4, 0.5) is 0 Å². The highest BCUT2D eigenvalue weighted by Gasteiger charge is 2.15. The van der Waals surface area contributed by atoms with E-state index in [2.05, 4.69) is 14.9 Å². The molecule has 1 fully saturated rings. The van der Waals surface area contributed by atoms with Gasteiger partial charge in [0.25, 0.3) is 5.17 Å². The Labute approximate surface area is 117 Å². The molecule has 0 amide bonds. The molecule has 3 rings (SSSR count). The highest BCUT2D eigenvalue weighted by Crippen LogP contribution is 2.19. The van der Waals surface area contributed by atoms with Crippen LogP contribution in [0.2, 0.25) is 0 Å². The topological polar surface area (TPSA) is 38.3 Å². The molecular formula is C14H15N3OS. The first-order valence-corrected chi connectivity index (χ1v) is 6.91. The minimum atomic E-state index is 0.558. The third-order valence-corrected chi connectivity index (χ3v) is 3.60. The van der Waals surface area contributed by atoms with Gasteiger partial charge in [0.05, 0.1) is 11.0 Å². The Morgan fingerprint density at radius 2 is 1.79 bits per heavy atom. The summed E-state index contributed by atoms with van der Waals surface area (Å²) in [7, 11) is 0. The molecule has 1 aliphatic rings. The minimum Gasteiger partial charge on any atom is -0.432 e. The molecule has 0 atom stereocenters. The molecule has 2 heterocycles. The minimum absolute atomic E-state index is 0.558. The predicted octanol–water partition coefficient (Wildman–Crippen LogP) is 2.78. The van der Waals surface area contributed by atoms with E-state index in [9.17, 15) is 0 Å². The van der Waals surface area contributed by atoms with Gasteiger partial charge in [-0.05, 0) is 43.6 Å². The molecule has 0 unspecified atom stereocenters. The average Bonchev–Trinajstić information content (AvgIpc) is 2.48. The lowest BCUT2D eigenvalue weighted by Crippen LogP contribution is -2.37. The largest absolute Gasteiger partial charge is 0.432 e. The van der Waals surface area contributed by atoms with Crippen LogP contribution in [0.15, 0.2) is 30.6 Å². The molecule has 0 saturated carbocycles. The quantitative estimate of drug-likeness (QED) is 0.747. The molecule has 1 aliphatic heterocycles. The Morgan fingerprint density at radius 3 is 2.58 bits per heavy atom. The first kappa shape index (κ1) is 12.3. The maximum Gasteiger partial charge on any atom is 0.264 e. The van der Waals surface area contributed by atoms with Crippen LogP contribution in [-0.4, -0.2) is 33.1 Å². The van der Waals surface area contributed by atoms with Crippen molar-refractivity contribution in [1.29, 1.82) is 0 Å². The second kappa shape index (κ2) is 5.48. The lowest BCUT2D eigenvalue weighted by Gasteiger charge is -2.28. The first-order valence-electron chi connectivity index (χ1n) is 6.50. The summed E-state index contributed by atoms with van der Waals surface area (Å²) in [6.07, 6.45) is 7.01. The number of piperidine rings is 1. The maximum absolute atomic E-state index is 5.75. The highest BCUT2D eigenvalue weighted by atomic mass is 32.1. The van der Waals surface area contributed by atoms with Crippen molar-refractivity contribution in [3.8, 4) is 5.75 Å². The molecule has 1 saturated heterocycles. The van der Waals surface area contributed by atoms with Gasteiger partial charge in [-0.15, -0.1) is 0 Å². The van der Waals surface area contributed by atoms with E-state index >= 15 is 0 Å². The first-order chi connectivity index (χ1) is 9.33. The van der Waals surface area contributed by atoms with Gasteiger partial charge in [0, 0.05) is 31.5 Å². The van der Waals surface area contributed by atoms with Crippen LogP contribution < -0.4 is 4.74 Å². The highest BCUT2D eigenvalue weighted by molar-refractivity contribution is 7.80.